The number of methoxy groups -OCH3 is 1. The molecule has 1 aromatic rings. The Bertz CT molecular complexity index is 330. The molecule has 0 saturated heterocycles. The number of hydrogen-bond acceptors (Lipinski definition) is 4. The van der Waals surface area contributed by atoms with E-state index < -0.39 is 18.0 Å². The Kier molecular flexibility index (Phi) is 3.53. The maximum Gasteiger partial charge on any atom is 0.307 e. The van der Waals surface area contributed by atoms with E-state index in [-0.39, 0.29) is 6.42 Å². The SMILES string of the molecule is COC(=O)C[C@@H](N)c1cccc(F)n1. The number of pyridine rings is 1. The van der Waals surface area contributed by atoms with E-state index >= 15 is 0 Å². The van der Waals surface area contributed by atoms with Crippen LogP contribution in [-0.4, -0.2) is 18.1 Å². The highest BCUT2D eigenvalue weighted by Gasteiger charge is 2.13. The fourth-order valence-electron chi connectivity index (χ4n) is 0.998. The molecule has 1 heterocycles. The molecule has 1 atom stereocenters. The summed E-state index contributed by atoms with van der Waals surface area (Å²) in [4.78, 5) is 14.4. The molecule has 5 heteroatoms. The average Bonchev–Trinajstić information content (AvgIpc) is 2.17. The molecule has 0 bridgehead atoms. The van der Waals surface area contributed by atoms with Gasteiger partial charge in [0.1, 0.15) is 0 Å². The molecule has 1 rings (SSSR count). The Morgan fingerprint density at radius 3 is 3.00 bits per heavy atom. The number of halogens is 1. The van der Waals surface area contributed by atoms with Gasteiger partial charge in [-0.15, -0.1) is 0 Å². The van der Waals surface area contributed by atoms with Gasteiger partial charge in [-0.3, -0.25) is 4.79 Å². The van der Waals surface area contributed by atoms with Crippen LogP contribution in [0.15, 0.2) is 18.2 Å². The predicted octanol–water partition coefficient (Wildman–Crippen LogP) is 0.784. The van der Waals surface area contributed by atoms with Crippen molar-refractivity contribution in [1.82, 2.24) is 4.98 Å². The molecule has 0 fully saturated rings. The fourth-order valence-corrected chi connectivity index (χ4v) is 0.998. The van der Waals surface area contributed by atoms with Gasteiger partial charge < -0.3 is 10.5 Å². The number of ether oxygens (including phenoxy) is 1. The van der Waals surface area contributed by atoms with Crippen molar-refractivity contribution in [3.8, 4) is 0 Å². The normalized spacial score (nSPS) is 12.2. The number of carbonyl (C=O) groups excluding carboxylic acids is 1. The minimum absolute atomic E-state index is 0.00699. The second-order valence-electron chi connectivity index (χ2n) is 2.77. The minimum atomic E-state index is -0.627. The van der Waals surface area contributed by atoms with Crippen LogP contribution in [0.25, 0.3) is 0 Å². The smallest absolute Gasteiger partial charge is 0.307 e. The van der Waals surface area contributed by atoms with Crippen molar-refractivity contribution >= 4 is 5.97 Å². The van der Waals surface area contributed by atoms with Gasteiger partial charge in [0.15, 0.2) is 0 Å². The van der Waals surface area contributed by atoms with Crippen molar-refractivity contribution in [2.75, 3.05) is 7.11 Å². The summed E-state index contributed by atoms with van der Waals surface area (Å²) in [5.74, 6) is -1.05. The zero-order chi connectivity index (χ0) is 10.6. The van der Waals surface area contributed by atoms with E-state index in [2.05, 4.69) is 9.72 Å². The van der Waals surface area contributed by atoms with Gasteiger partial charge in [-0.2, -0.15) is 4.39 Å². The van der Waals surface area contributed by atoms with Gasteiger partial charge in [0.2, 0.25) is 5.95 Å². The van der Waals surface area contributed by atoms with E-state index in [4.69, 9.17) is 5.73 Å². The van der Waals surface area contributed by atoms with Gasteiger partial charge in [-0.1, -0.05) is 6.07 Å². The third-order valence-electron chi connectivity index (χ3n) is 1.73. The molecule has 0 unspecified atom stereocenters. The lowest BCUT2D eigenvalue weighted by molar-refractivity contribution is -0.141. The van der Waals surface area contributed by atoms with Crippen LogP contribution in [0.1, 0.15) is 18.2 Å². The molecule has 0 aliphatic heterocycles. The maximum atomic E-state index is 12.7. The second kappa shape index (κ2) is 4.66. The number of nitrogens with zero attached hydrogens (tertiary/aromatic N) is 1. The summed E-state index contributed by atoms with van der Waals surface area (Å²) in [6.07, 6.45) is -0.00699. The minimum Gasteiger partial charge on any atom is -0.469 e. The van der Waals surface area contributed by atoms with Crippen molar-refractivity contribution in [2.45, 2.75) is 12.5 Å². The van der Waals surface area contributed by atoms with Crippen LogP contribution < -0.4 is 5.73 Å². The molecule has 0 aliphatic rings. The number of hydrogen-bond donors (Lipinski definition) is 1. The first kappa shape index (κ1) is 10.6. The number of nitrogens with two attached hydrogens (primary N) is 1. The van der Waals surface area contributed by atoms with Gasteiger partial charge in [-0.25, -0.2) is 4.98 Å². The highest BCUT2D eigenvalue weighted by molar-refractivity contribution is 5.70. The molecule has 0 saturated carbocycles. The maximum absolute atomic E-state index is 12.7. The Morgan fingerprint density at radius 1 is 1.71 bits per heavy atom. The highest BCUT2D eigenvalue weighted by atomic mass is 19.1. The Labute approximate surface area is 80.9 Å². The van der Waals surface area contributed by atoms with Gasteiger partial charge in [0.05, 0.1) is 25.3 Å². The van der Waals surface area contributed by atoms with Crippen LogP contribution >= 0.6 is 0 Å². The number of rotatable bonds is 3. The summed E-state index contributed by atoms with van der Waals surface area (Å²) in [7, 11) is 1.27. The summed E-state index contributed by atoms with van der Waals surface area (Å²) in [6, 6.07) is 3.65. The number of carbonyl (C=O) groups is 1. The molecule has 0 aliphatic carbocycles. The Morgan fingerprint density at radius 2 is 2.43 bits per heavy atom. The van der Waals surface area contributed by atoms with Crippen molar-refractivity contribution < 1.29 is 13.9 Å². The quantitative estimate of drug-likeness (QED) is 0.576. The lowest BCUT2D eigenvalue weighted by Crippen LogP contribution is -2.17. The van der Waals surface area contributed by atoms with E-state index in [0.717, 1.165) is 0 Å². The summed E-state index contributed by atoms with van der Waals surface area (Å²) in [5, 5.41) is 0. The van der Waals surface area contributed by atoms with Crippen molar-refractivity contribution in [3.63, 3.8) is 0 Å². The largest absolute Gasteiger partial charge is 0.469 e. The third-order valence-corrected chi connectivity index (χ3v) is 1.73. The predicted molar refractivity (Wildman–Crippen MR) is 47.8 cm³/mol. The number of aromatic nitrogens is 1. The average molecular weight is 198 g/mol. The zero-order valence-electron chi connectivity index (χ0n) is 7.74. The van der Waals surface area contributed by atoms with Gasteiger partial charge in [-0.05, 0) is 12.1 Å². The van der Waals surface area contributed by atoms with Gasteiger partial charge >= 0.3 is 5.97 Å². The topological polar surface area (TPSA) is 65.2 Å². The van der Waals surface area contributed by atoms with Crippen LogP contribution in [0.3, 0.4) is 0 Å². The molecule has 0 spiro atoms. The Hall–Kier alpha value is -1.49. The summed E-state index contributed by atoms with van der Waals surface area (Å²) < 4.78 is 17.1. The summed E-state index contributed by atoms with van der Waals surface area (Å²) in [6.45, 7) is 0. The van der Waals surface area contributed by atoms with E-state index in [1.807, 2.05) is 0 Å². The molecular weight excluding hydrogens is 187 g/mol. The molecule has 76 valence electrons. The van der Waals surface area contributed by atoms with Crippen LogP contribution in [0.4, 0.5) is 4.39 Å². The molecule has 0 radical (unpaired) electrons. The van der Waals surface area contributed by atoms with E-state index in [0.29, 0.717) is 5.69 Å². The van der Waals surface area contributed by atoms with Crippen LogP contribution in [-0.2, 0) is 9.53 Å². The van der Waals surface area contributed by atoms with E-state index in [9.17, 15) is 9.18 Å². The molecule has 4 nitrogen and oxygen atoms in total. The van der Waals surface area contributed by atoms with Crippen LogP contribution in [0, 0.1) is 5.95 Å². The van der Waals surface area contributed by atoms with Crippen LogP contribution in [0.2, 0.25) is 0 Å². The van der Waals surface area contributed by atoms with Gasteiger partial charge in [0.25, 0.3) is 0 Å². The van der Waals surface area contributed by atoms with E-state index in [1.54, 1.807) is 6.07 Å². The zero-order valence-corrected chi connectivity index (χ0v) is 7.74. The molecule has 0 amide bonds. The first-order valence-corrected chi connectivity index (χ1v) is 4.08. The fraction of sp³-hybridized carbons (Fsp3) is 0.333. The number of esters is 1. The molecule has 2 N–H and O–H groups in total. The lowest BCUT2D eigenvalue weighted by atomic mass is 10.1. The third kappa shape index (κ3) is 2.77. The van der Waals surface area contributed by atoms with Crippen molar-refractivity contribution in [1.29, 1.82) is 0 Å². The second-order valence-corrected chi connectivity index (χ2v) is 2.77. The van der Waals surface area contributed by atoms with Crippen molar-refractivity contribution in [3.05, 3.63) is 29.8 Å². The van der Waals surface area contributed by atoms with Gasteiger partial charge in [0, 0.05) is 0 Å². The van der Waals surface area contributed by atoms with Crippen molar-refractivity contribution in [2.24, 2.45) is 5.73 Å². The molecular formula is C9H11FN2O2. The first-order chi connectivity index (χ1) is 6.63. The van der Waals surface area contributed by atoms with Crippen LogP contribution in [0.5, 0.6) is 0 Å². The Balaban J connectivity index is 2.69. The molecule has 14 heavy (non-hydrogen) atoms. The molecule has 1 aromatic heterocycles. The standard InChI is InChI=1S/C9H11FN2O2/c1-14-9(13)5-6(11)7-3-2-4-8(10)12-7/h2-4,6H,5,11H2,1H3/t6-/m1/s1. The first-order valence-electron chi connectivity index (χ1n) is 4.08. The summed E-state index contributed by atoms with van der Waals surface area (Å²) >= 11 is 0. The summed E-state index contributed by atoms with van der Waals surface area (Å²) in [5.41, 5.74) is 5.95. The highest BCUT2D eigenvalue weighted by Crippen LogP contribution is 2.11. The lowest BCUT2D eigenvalue weighted by Gasteiger charge is -2.08. The molecule has 0 aromatic carbocycles. The van der Waals surface area contributed by atoms with E-state index in [1.165, 1.54) is 19.2 Å². The monoisotopic (exact) mass is 198 g/mol.